The van der Waals surface area contributed by atoms with Crippen molar-refractivity contribution in [2.45, 2.75) is 37.9 Å². The van der Waals surface area contributed by atoms with Crippen LogP contribution in [0.2, 0.25) is 0 Å². The maximum absolute atomic E-state index is 13.0. The first kappa shape index (κ1) is 18.9. The molecule has 1 aromatic rings. The number of halogens is 4. The maximum atomic E-state index is 13.0. The molecule has 1 N–H and O–H groups in total. The van der Waals surface area contributed by atoms with Gasteiger partial charge in [-0.2, -0.15) is 13.2 Å². The van der Waals surface area contributed by atoms with Gasteiger partial charge in [-0.3, -0.25) is 0 Å². The van der Waals surface area contributed by atoms with E-state index in [-0.39, 0.29) is 29.8 Å². The van der Waals surface area contributed by atoms with Gasteiger partial charge in [0.25, 0.3) is 0 Å². The lowest BCUT2D eigenvalue weighted by Crippen LogP contribution is -2.35. The number of piperidine rings is 1. The predicted molar refractivity (Wildman–Crippen MR) is 81.2 cm³/mol. The van der Waals surface area contributed by atoms with Crippen LogP contribution >= 0.6 is 12.4 Å². The van der Waals surface area contributed by atoms with E-state index in [1.807, 2.05) is 0 Å². The molecule has 1 heterocycles. The smallest absolute Gasteiger partial charge is 0.420 e. The van der Waals surface area contributed by atoms with Crippen LogP contribution < -0.4 is 14.8 Å². The van der Waals surface area contributed by atoms with Gasteiger partial charge in [-0.25, -0.2) is 0 Å². The van der Waals surface area contributed by atoms with Crippen molar-refractivity contribution in [3.63, 3.8) is 0 Å². The van der Waals surface area contributed by atoms with E-state index < -0.39 is 11.7 Å². The summed E-state index contributed by atoms with van der Waals surface area (Å²) in [4.78, 5) is 0. The molecule has 0 saturated carbocycles. The molecular weight excluding hydrogens is 319 g/mol. The highest BCUT2D eigenvalue weighted by molar-refractivity contribution is 5.85. The lowest BCUT2D eigenvalue weighted by molar-refractivity contribution is -0.138. The van der Waals surface area contributed by atoms with E-state index in [0.29, 0.717) is 6.04 Å². The summed E-state index contributed by atoms with van der Waals surface area (Å²) < 4.78 is 49.2. The fraction of sp³-hybridized carbons (Fsp3) is 0.600. The molecule has 1 aliphatic rings. The van der Waals surface area contributed by atoms with Crippen LogP contribution in [0.25, 0.3) is 0 Å². The van der Waals surface area contributed by atoms with E-state index >= 15 is 0 Å². The molecule has 2 rings (SSSR count). The Morgan fingerprint density at radius 2 is 1.73 bits per heavy atom. The lowest BCUT2D eigenvalue weighted by Gasteiger charge is -2.29. The summed E-state index contributed by atoms with van der Waals surface area (Å²) in [5, 5.41) is 3.35. The molecule has 3 nitrogen and oxygen atoms in total. The Morgan fingerprint density at radius 3 is 2.18 bits per heavy atom. The van der Waals surface area contributed by atoms with Gasteiger partial charge in [0.2, 0.25) is 0 Å². The normalized spacial score (nSPS) is 21.9. The van der Waals surface area contributed by atoms with Gasteiger partial charge in [-0.15, -0.1) is 12.4 Å². The van der Waals surface area contributed by atoms with Crippen molar-refractivity contribution < 1.29 is 22.6 Å². The van der Waals surface area contributed by atoms with Gasteiger partial charge in [-0.05, 0) is 31.9 Å². The Morgan fingerprint density at radius 1 is 1.09 bits per heavy atom. The first-order valence-electron chi connectivity index (χ1n) is 6.93. The van der Waals surface area contributed by atoms with Crippen LogP contribution in [0, 0.1) is 0 Å². The number of hydrogen-bond acceptors (Lipinski definition) is 3. The average molecular weight is 340 g/mol. The Bertz CT molecular complexity index is 500. The average Bonchev–Trinajstić information content (AvgIpc) is 2.45. The van der Waals surface area contributed by atoms with Crippen molar-refractivity contribution in [3.05, 3.63) is 23.3 Å². The van der Waals surface area contributed by atoms with Crippen molar-refractivity contribution >= 4 is 12.4 Å². The number of benzene rings is 1. The van der Waals surface area contributed by atoms with Crippen molar-refractivity contribution in [2.75, 3.05) is 20.8 Å². The Hall–Kier alpha value is -1.14. The molecule has 0 aliphatic carbocycles. The van der Waals surface area contributed by atoms with Crippen LogP contribution in [0.4, 0.5) is 13.2 Å². The molecule has 0 bridgehead atoms. The Labute approximate surface area is 134 Å². The molecule has 126 valence electrons. The van der Waals surface area contributed by atoms with Crippen molar-refractivity contribution in [1.82, 2.24) is 5.32 Å². The molecule has 0 unspecified atom stereocenters. The van der Waals surface area contributed by atoms with Crippen LogP contribution in [0.1, 0.15) is 36.8 Å². The van der Waals surface area contributed by atoms with Gasteiger partial charge in [0.05, 0.1) is 14.2 Å². The molecule has 0 amide bonds. The Balaban J connectivity index is 0.00000242. The molecule has 0 aromatic heterocycles. The molecular formula is C15H21ClF3NO2. The van der Waals surface area contributed by atoms with Gasteiger partial charge < -0.3 is 14.8 Å². The summed E-state index contributed by atoms with van der Waals surface area (Å²) in [6, 6.07) is 2.93. The van der Waals surface area contributed by atoms with E-state index in [1.54, 1.807) is 0 Å². The van der Waals surface area contributed by atoms with Crippen LogP contribution in [0.3, 0.4) is 0 Å². The minimum Gasteiger partial charge on any atom is -0.496 e. The molecule has 7 heteroatoms. The second-order valence-corrected chi connectivity index (χ2v) is 5.38. The van der Waals surface area contributed by atoms with Gasteiger partial charge in [0, 0.05) is 24.1 Å². The second-order valence-electron chi connectivity index (χ2n) is 5.38. The third-order valence-corrected chi connectivity index (χ3v) is 3.96. The monoisotopic (exact) mass is 339 g/mol. The quantitative estimate of drug-likeness (QED) is 0.903. The van der Waals surface area contributed by atoms with Crippen molar-refractivity contribution in [1.29, 1.82) is 0 Å². The fourth-order valence-corrected chi connectivity index (χ4v) is 2.73. The molecule has 1 aliphatic heterocycles. The number of alkyl halides is 3. The van der Waals surface area contributed by atoms with Gasteiger partial charge in [0.15, 0.2) is 0 Å². The van der Waals surface area contributed by atoms with Crippen LogP contribution in [0.5, 0.6) is 11.5 Å². The number of hydrogen-bond donors (Lipinski definition) is 1. The number of rotatable bonds is 3. The second kappa shape index (κ2) is 7.42. The zero-order chi connectivity index (χ0) is 15.6. The van der Waals surface area contributed by atoms with E-state index in [2.05, 4.69) is 12.2 Å². The largest absolute Gasteiger partial charge is 0.496 e. The highest BCUT2D eigenvalue weighted by Crippen LogP contribution is 2.43. The van der Waals surface area contributed by atoms with Crippen LogP contribution in [-0.4, -0.2) is 26.8 Å². The fourth-order valence-electron chi connectivity index (χ4n) is 2.73. The molecule has 1 saturated heterocycles. The summed E-state index contributed by atoms with van der Waals surface area (Å²) in [5.41, 5.74) is -0.0375. The van der Waals surface area contributed by atoms with Gasteiger partial charge in [-0.1, -0.05) is 0 Å². The third kappa shape index (κ3) is 3.98. The zero-order valence-electron chi connectivity index (χ0n) is 12.8. The van der Waals surface area contributed by atoms with Gasteiger partial charge >= 0.3 is 6.18 Å². The lowest BCUT2D eigenvalue weighted by atomic mass is 9.87. The molecule has 22 heavy (non-hydrogen) atoms. The third-order valence-electron chi connectivity index (χ3n) is 3.96. The van der Waals surface area contributed by atoms with Crippen molar-refractivity contribution in [3.8, 4) is 11.5 Å². The molecule has 1 fully saturated rings. The highest BCUT2D eigenvalue weighted by Gasteiger charge is 2.36. The molecule has 1 aromatic carbocycles. The van der Waals surface area contributed by atoms with E-state index in [4.69, 9.17) is 9.47 Å². The van der Waals surface area contributed by atoms with Crippen LogP contribution in [0.15, 0.2) is 12.1 Å². The number of ether oxygens (including phenoxy) is 2. The standard InChI is InChI=1S/C15H20F3NO2.ClH/c1-9-4-5-10(8-19-9)11-6-14(21-3)12(15(16,17)18)7-13(11)20-2;/h6-7,9-10,19H,4-5,8H2,1-3H3;1H/t9-,10-;/m0./s1. The van der Waals surface area contributed by atoms with E-state index in [9.17, 15) is 13.2 Å². The maximum Gasteiger partial charge on any atom is 0.420 e. The first-order chi connectivity index (χ1) is 9.86. The van der Waals surface area contributed by atoms with Crippen LogP contribution in [-0.2, 0) is 6.18 Å². The zero-order valence-corrected chi connectivity index (χ0v) is 13.6. The van der Waals surface area contributed by atoms with E-state index in [0.717, 1.165) is 31.0 Å². The summed E-state index contributed by atoms with van der Waals surface area (Å²) >= 11 is 0. The minimum atomic E-state index is -4.46. The molecule has 0 spiro atoms. The summed E-state index contributed by atoms with van der Waals surface area (Å²) in [7, 11) is 2.65. The van der Waals surface area contributed by atoms with Crippen molar-refractivity contribution in [2.24, 2.45) is 0 Å². The summed E-state index contributed by atoms with van der Waals surface area (Å²) in [5.74, 6) is 0.244. The Kier molecular flexibility index (Phi) is 6.38. The van der Waals surface area contributed by atoms with E-state index in [1.165, 1.54) is 20.3 Å². The first-order valence-corrected chi connectivity index (χ1v) is 6.93. The summed E-state index contributed by atoms with van der Waals surface area (Å²) in [6.45, 7) is 2.83. The highest BCUT2D eigenvalue weighted by atomic mass is 35.5. The van der Waals surface area contributed by atoms with Gasteiger partial charge in [0.1, 0.15) is 17.1 Å². The molecule has 0 radical (unpaired) electrons. The number of nitrogens with one attached hydrogen (secondary N) is 1. The predicted octanol–water partition coefficient (Wildman–Crippen LogP) is 4.00. The summed E-state index contributed by atoms with van der Waals surface area (Å²) in [6.07, 6.45) is -2.56. The SMILES string of the molecule is COc1cc(C(F)(F)F)c(OC)cc1[C@H]1CC[C@H](C)NC1.Cl. The number of methoxy groups -OCH3 is 2. The minimum absolute atomic E-state index is 0. The molecule has 2 atom stereocenters. The topological polar surface area (TPSA) is 30.5 Å².